The molecule has 1 aromatic heterocycles. The maximum atomic E-state index is 5.96. The molecule has 0 spiro atoms. The number of nitrogen functional groups attached to an aromatic ring is 1. The third-order valence-corrected chi connectivity index (χ3v) is 3.46. The monoisotopic (exact) mass is 311 g/mol. The van der Waals surface area contributed by atoms with Crippen LogP contribution in [0.2, 0.25) is 0 Å². The molecule has 4 nitrogen and oxygen atoms in total. The zero-order chi connectivity index (χ0) is 13.0. The van der Waals surface area contributed by atoms with Crippen molar-refractivity contribution in [1.29, 1.82) is 0 Å². The molecule has 0 fully saturated rings. The molecular weight excluding hydrogens is 294 g/mol. The molecular formula is C13H18BrN3O. The molecule has 0 aliphatic rings. The number of aryl methyl sites for hydroxylation is 1. The first kappa shape index (κ1) is 13.4. The van der Waals surface area contributed by atoms with Crippen LogP contribution in [-0.2, 0) is 11.3 Å². The molecule has 0 aliphatic carbocycles. The molecule has 0 aliphatic heterocycles. The largest absolute Gasteiger partial charge is 0.385 e. The zero-order valence-corrected chi connectivity index (χ0v) is 12.1. The van der Waals surface area contributed by atoms with E-state index < -0.39 is 0 Å². The zero-order valence-electron chi connectivity index (χ0n) is 10.5. The second-order valence-corrected chi connectivity index (χ2v) is 5.22. The van der Waals surface area contributed by atoms with Crippen LogP contribution in [0.25, 0.3) is 11.0 Å². The van der Waals surface area contributed by atoms with Crippen LogP contribution in [0.5, 0.6) is 0 Å². The minimum absolute atomic E-state index is 0.592. The lowest BCUT2D eigenvalue weighted by atomic mass is 10.2. The number of nitrogens with zero attached hydrogens (tertiary/aromatic N) is 2. The average molecular weight is 312 g/mol. The van der Waals surface area contributed by atoms with Crippen LogP contribution in [-0.4, -0.2) is 23.3 Å². The van der Waals surface area contributed by atoms with Crippen LogP contribution in [0.4, 0.5) is 5.95 Å². The Bertz CT molecular complexity index is 524. The summed E-state index contributed by atoms with van der Waals surface area (Å²) < 4.78 is 8.17. The van der Waals surface area contributed by atoms with Crippen LogP contribution in [0.3, 0.4) is 0 Å². The number of nitrogens with two attached hydrogens (primary N) is 1. The Morgan fingerprint density at radius 2 is 2.17 bits per heavy atom. The number of hydrogen-bond acceptors (Lipinski definition) is 3. The fourth-order valence-corrected chi connectivity index (χ4v) is 2.39. The summed E-state index contributed by atoms with van der Waals surface area (Å²) in [6.45, 7) is 1.73. The van der Waals surface area contributed by atoms with Gasteiger partial charge in [-0.2, -0.15) is 0 Å². The van der Waals surface area contributed by atoms with Gasteiger partial charge in [0.1, 0.15) is 0 Å². The summed E-state index contributed by atoms with van der Waals surface area (Å²) in [5.41, 5.74) is 8.00. The Labute approximate surface area is 115 Å². The molecule has 1 aromatic carbocycles. The SMILES string of the molecule is COCCCCCn1c(N)nc2ccc(Br)cc21. The summed E-state index contributed by atoms with van der Waals surface area (Å²) in [6, 6.07) is 6.03. The van der Waals surface area contributed by atoms with Crippen molar-refractivity contribution in [1.82, 2.24) is 9.55 Å². The quantitative estimate of drug-likeness (QED) is 0.833. The van der Waals surface area contributed by atoms with Crippen LogP contribution in [0.1, 0.15) is 19.3 Å². The van der Waals surface area contributed by atoms with E-state index in [9.17, 15) is 0 Å². The maximum Gasteiger partial charge on any atom is 0.201 e. The van der Waals surface area contributed by atoms with E-state index in [1.165, 1.54) is 0 Å². The molecule has 0 atom stereocenters. The number of ether oxygens (including phenoxy) is 1. The van der Waals surface area contributed by atoms with E-state index in [2.05, 4.69) is 31.5 Å². The molecule has 2 rings (SSSR count). The fraction of sp³-hybridized carbons (Fsp3) is 0.462. The van der Waals surface area contributed by atoms with Crippen molar-refractivity contribution in [3.63, 3.8) is 0 Å². The lowest BCUT2D eigenvalue weighted by molar-refractivity contribution is 0.191. The van der Waals surface area contributed by atoms with E-state index in [1.54, 1.807) is 7.11 Å². The van der Waals surface area contributed by atoms with Gasteiger partial charge in [-0.25, -0.2) is 4.98 Å². The molecule has 0 saturated heterocycles. The van der Waals surface area contributed by atoms with Gasteiger partial charge in [0, 0.05) is 24.7 Å². The second-order valence-electron chi connectivity index (χ2n) is 4.31. The van der Waals surface area contributed by atoms with E-state index in [-0.39, 0.29) is 0 Å². The van der Waals surface area contributed by atoms with Gasteiger partial charge in [0.15, 0.2) is 0 Å². The first-order valence-electron chi connectivity index (χ1n) is 6.12. The van der Waals surface area contributed by atoms with Crippen molar-refractivity contribution >= 4 is 32.9 Å². The fourth-order valence-electron chi connectivity index (χ4n) is 2.04. The maximum absolute atomic E-state index is 5.96. The number of rotatable bonds is 6. The first-order chi connectivity index (χ1) is 8.72. The smallest absolute Gasteiger partial charge is 0.201 e. The van der Waals surface area contributed by atoms with Gasteiger partial charge in [0.25, 0.3) is 0 Å². The van der Waals surface area contributed by atoms with Crippen LogP contribution < -0.4 is 5.73 Å². The van der Waals surface area contributed by atoms with E-state index in [0.29, 0.717) is 5.95 Å². The van der Waals surface area contributed by atoms with Crippen LogP contribution in [0, 0.1) is 0 Å². The Morgan fingerprint density at radius 3 is 2.94 bits per heavy atom. The van der Waals surface area contributed by atoms with Crippen molar-refractivity contribution in [3.8, 4) is 0 Å². The minimum atomic E-state index is 0.592. The van der Waals surface area contributed by atoms with Gasteiger partial charge in [-0.1, -0.05) is 15.9 Å². The van der Waals surface area contributed by atoms with Crippen molar-refractivity contribution in [2.45, 2.75) is 25.8 Å². The number of aromatic nitrogens is 2. The number of hydrogen-bond donors (Lipinski definition) is 1. The van der Waals surface area contributed by atoms with Crippen LogP contribution in [0.15, 0.2) is 22.7 Å². The van der Waals surface area contributed by atoms with Gasteiger partial charge in [-0.05, 0) is 37.5 Å². The summed E-state index contributed by atoms with van der Waals surface area (Å²) in [4.78, 5) is 4.36. The third kappa shape index (κ3) is 3.03. The van der Waals surface area contributed by atoms with E-state index in [1.807, 2.05) is 12.1 Å². The van der Waals surface area contributed by atoms with Crippen molar-refractivity contribution < 1.29 is 4.74 Å². The summed E-state index contributed by atoms with van der Waals surface area (Å²) in [6.07, 6.45) is 3.32. The second kappa shape index (κ2) is 6.20. The third-order valence-electron chi connectivity index (χ3n) is 2.97. The number of benzene rings is 1. The molecule has 5 heteroatoms. The molecule has 1 heterocycles. The first-order valence-corrected chi connectivity index (χ1v) is 6.92. The number of anilines is 1. The number of methoxy groups -OCH3 is 1. The molecule has 2 aromatic rings. The molecule has 0 bridgehead atoms. The van der Waals surface area contributed by atoms with Crippen molar-refractivity contribution in [2.75, 3.05) is 19.5 Å². The van der Waals surface area contributed by atoms with Crippen LogP contribution >= 0.6 is 15.9 Å². The highest BCUT2D eigenvalue weighted by atomic mass is 79.9. The van der Waals surface area contributed by atoms with Gasteiger partial charge in [0.2, 0.25) is 5.95 Å². The molecule has 2 N–H and O–H groups in total. The molecule has 0 amide bonds. The van der Waals surface area contributed by atoms with Gasteiger partial charge in [0.05, 0.1) is 11.0 Å². The Balaban J connectivity index is 2.07. The lowest BCUT2D eigenvalue weighted by Gasteiger charge is -2.06. The Hall–Kier alpha value is -1.07. The normalized spacial score (nSPS) is 11.2. The molecule has 18 heavy (non-hydrogen) atoms. The highest BCUT2D eigenvalue weighted by Gasteiger charge is 2.07. The van der Waals surface area contributed by atoms with Gasteiger partial charge < -0.3 is 15.0 Å². The summed E-state index contributed by atoms with van der Waals surface area (Å²) in [5, 5.41) is 0. The Kier molecular flexibility index (Phi) is 4.60. The van der Waals surface area contributed by atoms with E-state index in [4.69, 9.17) is 10.5 Å². The van der Waals surface area contributed by atoms with Gasteiger partial charge in [-0.15, -0.1) is 0 Å². The number of fused-ring (bicyclic) bond motifs is 1. The summed E-state index contributed by atoms with van der Waals surface area (Å²) >= 11 is 3.48. The minimum Gasteiger partial charge on any atom is -0.385 e. The molecule has 0 saturated carbocycles. The molecule has 98 valence electrons. The van der Waals surface area contributed by atoms with E-state index in [0.717, 1.165) is 47.9 Å². The standard InChI is InChI=1S/C13H18BrN3O/c1-18-8-4-2-3-7-17-12-9-10(14)5-6-11(12)16-13(17)15/h5-6,9H,2-4,7-8H2,1H3,(H2,15,16). The highest BCUT2D eigenvalue weighted by Crippen LogP contribution is 2.22. The number of unbranched alkanes of at least 4 members (excludes halogenated alkanes) is 2. The summed E-state index contributed by atoms with van der Waals surface area (Å²) in [5.74, 6) is 0.592. The van der Waals surface area contributed by atoms with Crippen molar-refractivity contribution in [2.24, 2.45) is 0 Å². The van der Waals surface area contributed by atoms with Gasteiger partial charge >= 0.3 is 0 Å². The highest BCUT2D eigenvalue weighted by molar-refractivity contribution is 9.10. The van der Waals surface area contributed by atoms with E-state index >= 15 is 0 Å². The van der Waals surface area contributed by atoms with Gasteiger partial charge in [-0.3, -0.25) is 0 Å². The lowest BCUT2D eigenvalue weighted by Crippen LogP contribution is -2.03. The number of halogens is 1. The predicted octanol–water partition coefficient (Wildman–Crippen LogP) is 3.20. The molecule has 0 unspecified atom stereocenters. The Morgan fingerprint density at radius 1 is 1.33 bits per heavy atom. The average Bonchev–Trinajstić information content (AvgIpc) is 2.65. The number of imidazole rings is 1. The molecule has 0 radical (unpaired) electrons. The van der Waals surface area contributed by atoms with Crippen molar-refractivity contribution in [3.05, 3.63) is 22.7 Å². The summed E-state index contributed by atoms with van der Waals surface area (Å²) in [7, 11) is 1.74. The predicted molar refractivity (Wildman–Crippen MR) is 77.6 cm³/mol. The topological polar surface area (TPSA) is 53.1 Å².